The van der Waals surface area contributed by atoms with E-state index >= 15 is 0 Å². The molecule has 0 fully saturated rings. The molecular weight excluding hydrogens is 412 g/mol. The molecule has 0 saturated heterocycles. The molecule has 2 bridgehead atoms. The highest BCUT2D eigenvalue weighted by atomic mass is 16.6. The molecule has 0 radical (unpaired) electrons. The van der Waals surface area contributed by atoms with Crippen molar-refractivity contribution < 1.29 is 48.0 Å². The van der Waals surface area contributed by atoms with Crippen LogP contribution in [0, 0.1) is 0 Å². The average Bonchev–Trinajstić information content (AvgIpc) is 3.31. The Bertz CT molecular complexity index is 969. The summed E-state index contributed by atoms with van der Waals surface area (Å²) in [5, 5.41) is 11.5. The molecule has 0 aromatic rings. The summed E-state index contributed by atoms with van der Waals surface area (Å²) in [6, 6.07) is 0. The second kappa shape index (κ2) is 8.12. The summed E-state index contributed by atoms with van der Waals surface area (Å²) in [5.41, 5.74) is -4.33. The Morgan fingerprint density at radius 2 is 1.52 bits per heavy atom. The highest BCUT2D eigenvalue weighted by Crippen LogP contribution is 2.50. The van der Waals surface area contributed by atoms with E-state index in [1.54, 1.807) is 0 Å². The van der Waals surface area contributed by atoms with Crippen LogP contribution in [-0.2, 0) is 42.9 Å². The standard InChI is InChI=1S/C21H22O10/c1-27-16(22)11-6-5-8-20(26,14(11)18(24)29-3)10-21-9-7-12(31-21)13(17(23)28-2)15(21)19(25)30-4/h5,7-9,12,26H,6,10H2,1-4H3/t12-,20+,21-/m0/s1. The van der Waals surface area contributed by atoms with Crippen molar-refractivity contribution in [2.24, 2.45) is 0 Å². The third-order valence-corrected chi connectivity index (χ3v) is 5.45. The zero-order valence-corrected chi connectivity index (χ0v) is 17.4. The van der Waals surface area contributed by atoms with Crippen LogP contribution in [0.25, 0.3) is 0 Å². The molecule has 10 heteroatoms. The molecule has 1 aliphatic carbocycles. The number of allylic oxidation sites excluding steroid dienone is 1. The van der Waals surface area contributed by atoms with E-state index in [0.717, 1.165) is 28.4 Å². The number of methoxy groups -OCH3 is 4. The maximum Gasteiger partial charge on any atom is 0.337 e. The number of carbonyl (C=O) groups excluding carboxylic acids is 4. The first-order chi connectivity index (χ1) is 14.7. The Labute approximate surface area is 177 Å². The van der Waals surface area contributed by atoms with Gasteiger partial charge in [-0.15, -0.1) is 0 Å². The van der Waals surface area contributed by atoms with Gasteiger partial charge in [0.2, 0.25) is 0 Å². The summed E-state index contributed by atoms with van der Waals surface area (Å²) in [5.74, 6) is -3.40. The van der Waals surface area contributed by atoms with E-state index in [2.05, 4.69) is 0 Å². The molecule has 166 valence electrons. The van der Waals surface area contributed by atoms with Gasteiger partial charge in [0.15, 0.2) is 0 Å². The first-order valence-corrected chi connectivity index (χ1v) is 9.26. The van der Waals surface area contributed by atoms with E-state index in [1.165, 1.54) is 24.3 Å². The molecular formula is C21H22O10. The van der Waals surface area contributed by atoms with Crippen molar-refractivity contribution in [3.63, 3.8) is 0 Å². The lowest BCUT2D eigenvalue weighted by atomic mass is 9.73. The van der Waals surface area contributed by atoms with Crippen molar-refractivity contribution in [3.8, 4) is 0 Å². The average molecular weight is 434 g/mol. The van der Waals surface area contributed by atoms with Gasteiger partial charge in [0.1, 0.15) is 17.3 Å². The van der Waals surface area contributed by atoms with E-state index in [4.69, 9.17) is 23.7 Å². The first kappa shape index (κ1) is 22.4. The van der Waals surface area contributed by atoms with Gasteiger partial charge in [-0.2, -0.15) is 0 Å². The molecule has 1 N–H and O–H groups in total. The normalized spacial score (nSPS) is 28.6. The number of rotatable bonds is 6. The fourth-order valence-corrected chi connectivity index (χ4v) is 4.19. The van der Waals surface area contributed by atoms with Crippen LogP contribution in [0.1, 0.15) is 12.8 Å². The Kier molecular flexibility index (Phi) is 5.88. The topological polar surface area (TPSA) is 135 Å². The van der Waals surface area contributed by atoms with Crippen LogP contribution in [0.15, 0.2) is 46.6 Å². The minimum absolute atomic E-state index is 0.0266. The highest BCUT2D eigenvalue weighted by molar-refractivity contribution is 6.06. The van der Waals surface area contributed by atoms with Crippen molar-refractivity contribution in [2.45, 2.75) is 30.1 Å². The van der Waals surface area contributed by atoms with Gasteiger partial charge in [-0.1, -0.05) is 18.2 Å². The number of esters is 4. The van der Waals surface area contributed by atoms with Crippen molar-refractivity contribution in [1.82, 2.24) is 0 Å². The summed E-state index contributed by atoms with van der Waals surface area (Å²) >= 11 is 0. The number of hydrogen-bond donors (Lipinski definition) is 1. The molecule has 0 amide bonds. The molecule has 0 aromatic carbocycles. The molecule has 0 spiro atoms. The molecule has 2 heterocycles. The third kappa shape index (κ3) is 3.47. The maximum absolute atomic E-state index is 12.6. The smallest absolute Gasteiger partial charge is 0.337 e. The predicted octanol–water partition coefficient (Wildman–Crippen LogP) is 0.0601. The molecule has 0 unspecified atom stereocenters. The van der Waals surface area contributed by atoms with Crippen LogP contribution in [0.2, 0.25) is 0 Å². The van der Waals surface area contributed by atoms with E-state index in [1.807, 2.05) is 0 Å². The maximum atomic E-state index is 12.6. The van der Waals surface area contributed by atoms with E-state index in [9.17, 15) is 24.3 Å². The van der Waals surface area contributed by atoms with Gasteiger partial charge < -0.3 is 28.8 Å². The van der Waals surface area contributed by atoms with Gasteiger partial charge in [0, 0.05) is 6.42 Å². The number of aliphatic hydroxyl groups is 1. The Balaban J connectivity index is 2.15. The van der Waals surface area contributed by atoms with Crippen molar-refractivity contribution in [2.75, 3.05) is 28.4 Å². The van der Waals surface area contributed by atoms with Crippen LogP contribution in [0.5, 0.6) is 0 Å². The number of ether oxygens (including phenoxy) is 5. The lowest BCUT2D eigenvalue weighted by Crippen LogP contribution is -2.46. The van der Waals surface area contributed by atoms with E-state index in [-0.39, 0.29) is 28.7 Å². The Morgan fingerprint density at radius 3 is 2.10 bits per heavy atom. The van der Waals surface area contributed by atoms with Gasteiger partial charge >= 0.3 is 23.9 Å². The monoisotopic (exact) mass is 434 g/mol. The minimum Gasteiger partial charge on any atom is -0.466 e. The molecule has 3 aliphatic rings. The zero-order chi connectivity index (χ0) is 23.0. The van der Waals surface area contributed by atoms with Crippen LogP contribution in [0.3, 0.4) is 0 Å². The first-order valence-electron chi connectivity index (χ1n) is 9.26. The quantitative estimate of drug-likeness (QED) is 0.347. The van der Waals surface area contributed by atoms with Crippen molar-refractivity contribution >= 4 is 23.9 Å². The Hall–Kier alpha value is -3.24. The molecule has 3 rings (SSSR count). The van der Waals surface area contributed by atoms with Crippen LogP contribution >= 0.6 is 0 Å². The second-order valence-corrected chi connectivity index (χ2v) is 7.10. The van der Waals surface area contributed by atoms with Crippen LogP contribution < -0.4 is 0 Å². The number of hydrogen-bond acceptors (Lipinski definition) is 10. The summed E-state index contributed by atoms with van der Waals surface area (Å²) in [6.45, 7) is 0. The fourth-order valence-electron chi connectivity index (χ4n) is 4.19. The molecule has 2 aliphatic heterocycles. The van der Waals surface area contributed by atoms with Crippen molar-refractivity contribution in [1.29, 1.82) is 0 Å². The SMILES string of the molecule is COC(=O)C1=C(C(=O)OC)[C@](O)(C[C@]23C=C[C@H](O2)C(C(=O)OC)=C3C(=O)OC)C=CC1. The van der Waals surface area contributed by atoms with Crippen molar-refractivity contribution in [3.05, 3.63) is 46.6 Å². The predicted molar refractivity (Wildman–Crippen MR) is 102 cm³/mol. The van der Waals surface area contributed by atoms with Gasteiger partial charge in [-0.05, 0) is 12.5 Å². The Morgan fingerprint density at radius 1 is 0.935 bits per heavy atom. The summed E-state index contributed by atoms with van der Waals surface area (Å²) < 4.78 is 25.0. The molecule has 10 nitrogen and oxygen atoms in total. The van der Waals surface area contributed by atoms with Gasteiger partial charge in [-0.25, -0.2) is 19.2 Å². The second-order valence-electron chi connectivity index (χ2n) is 7.10. The molecule has 0 saturated carbocycles. The minimum atomic E-state index is -2.08. The van der Waals surface area contributed by atoms with Gasteiger partial charge in [-0.3, -0.25) is 0 Å². The zero-order valence-electron chi connectivity index (χ0n) is 17.4. The molecule has 0 aromatic heterocycles. The summed E-state index contributed by atoms with van der Waals surface area (Å²) in [7, 11) is 4.54. The third-order valence-electron chi connectivity index (χ3n) is 5.45. The summed E-state index contributed by atoms with van der Waals surface area (Å²) in [6.07, 6.45) is 4.56. The fraction of sp³-hybridized carbons (Fsp3) is 0.429. The van der Waals surface area contributed by atoms with Gasteiger partial charge in [0.05, 0.1) is 50.7 Å². The molecule has 3 atom stereocenters. The summed E-state index contributed by atoms with van der Waals surface area (Å²) in [4.78, 5) is 49.7. The lowest BCUT2D eigenvalue weighted by molar-refractivity contribution is -0.142. The largest absolute Gasteiger partial charge is 0.466 e. The lowest BCUT2D eigenvalue weighted by Gasteiger charge is -2.37. The van der Waals surface area contributed by atoms with Crippen LogP contribution in [-0.4, -0.2) is 74.7 Å². The van der Waals surface area contributed by atoms with Gasteiger partial charge in [0.25, 0.3) is 0 Å². The number of carbonyl (C=O) groups is 4. The van der Waals surface area contributed by atoms with E-state index < -0.39 is 47.6 Å². The number of fused-ring (bicyclic) bond motifs is 2. The van der Waals surface area contributed by atoms with Crippen LogP contribution in [0.4, 0.5) is 0 Å². The molecule has 31 heavy (non-hydrogen) atoms. The highest BCUT2D eigenvalue weighted by Gasteiger charge is 2.58. The van der Waals surface area contributed by atoms with E-state index in [0.29, 0.717) is 0 Å².